The minimum atomic E-state index is -4.85. The van der Waals surface area contributed by atoms with Crippen molar-refractivity contribution in [3.8, 4) is 12.1 Å². The first-order valence-corrected chi connectivity index (χ1v) is 4.20. The molecule has 1 aliphatic rings. The summed E-state index contributed by atoms with van der Waals surface area (Å²) in [6.45, 7) is 0. The molecule has 0 aromatic rings. The summed E-state index contributed by atoms with van der Waals surface area (Å²) >= 11 is 5.39. The van der Waals surface area contributed by atoms with E-state index >= 15 is 0 Å². The lowest BCUT2D eigenvalue weighted by molar-refractivity contribution is -0.156. The molecule has 0 heterocycles. The van der Waals surface area contributed by atoms with Crippen molar-refractivity contribution in [1.82, 2.24) is 0 Å². The summed E-state index contributed by atoms with van der Waals surface area (Å²) in [5.41, 5.74) is -0.661. The smallest absolute Gasteiger partial charge is 0.198 e. The van der Waals surface area contributed by atoms with Gasteiger partial charge in [-0.2, -0.15) is 23.7 Å². The van der Waals surface area contributed by atoms with Crippen LogP contribution in [-0.4, -0.2) is 11.1 Å². The molecule has 0 amide bonds. The average Bonchev–Trinajstić information content (AvgIpc) is 2.16. The molecule has 2 unspecified atom stereocenters. The molecule has 0 aromatic heterocycles. The summed E-state index contributed by atoms with van der Waals surface area (Å²) in [6.07, 6.45) is -1.63. The lowest BCUT2D eigenvalue weighted by Crippen LogP contribution is -2.47. The van der Waals surface area contributed by atoms with Gasteiger partial charge in [0.2, 0.25) is 0 Å². The normalized spacial score (nSPS) is 30.3. The SMILES string of the molecule is N#CC1=CC=CC(C#N)C1(Cl)C(F)(F)F. The Kier molecular flexibility index (Phi) is 2.79. The number of rotatable bonds is 0. The Bertz CT molecular complexity index is 411. The van der Waals surface area contributed by atoms with Crippen LogP contribution in [0.3, 0.4) is 0 Å². The quantitative estimate of drug-likeness (QED) is 0.603. The van der Waals surface area contributed by atoms with Gasteiger partial charge in [0.05, 0.1) is 23.6 Å². The van der Waals surface area contributed by atoms with Gasteiger partial charge in [-0.25, -0.2) is 0 Å². The predicted octanol–water partition coefficient (Wildman–Crippen LogP) is 2.69. The van der Waals surface area contributed by atoms with Gasteiger partial charge < -0.3 is 0 Å². The van der Waals surface area contributed by atoms with Gasteiger partial charge in [0.25, 0.3) is 0 Å². The third kappa shape index (κ3) is 1.60. The van der Waals surface area contributed by atoms with Crippen molar-refractivity contribution in [3.63, 3.8) is 0 Å². The number of hydrogen-bond acceptors (Lipinski definition) is 2. The van der Waals surface area contributed by atoms with Crippen LogP contribution in [0.15, 0.2) is 23.8 Å². The molecule has 0 spiro atoms. The zero-order valence-electron chi connectivity index (χ0n) is 7.22. The van der Waals surface area contributed by atoms with E-state index in [1.54, 1.807) is 0 Å². The van der Waals surface area contributed by atoms with E-state index in [1.807, 2.05) is 0 Å². The average molecular weight is 233 g/mol. The molecule has 0 bridgehead atoms. The molecule has 0 aliphatic heterocycles. The maximum absolute atomic E-state index is 12.7. The molecule has 0 fully saturated rings. The Morgan fingerprint density at radius 3 is 2.40 bits per heavy atom. The molecule has 2 nitrogen and oxygen atoms in total. The first-order chi connectivity index (χ1) is 6.87. The molecule has 0 aromatic carbocycles. The van der Waals surface area contributed by atoms with Gasteiger partial charge in [0.15, 0.2) is 4.87 Å². The maximum Gasteiger partial charge on any atom is 0.414 e. The van der Waals surface area contributed by atoms with Gasteiger partial charge in [-0.1, -0.05) is 12.2 Å². The molecule has 0 saturated carbocycles. The Morgan fingerprint density at radius 2 is 2.00 bits per heavy atom. The van der Waals surface area contributed by atoms with Crippen molar-refractivity contribution in [3.05, 3.63) is 23.8 Å². The molecular formula is C9H4ClF3N2. The maximum atomic E-state index is 12.7. The molecule has 6 heteroatoms. The lowest BCUT2D eigenvalue weighted by atomic mass is 9.82. The summed E-state index contributed by atoms with van der Waals surface area (Å²) in [7, 11) is 0. The summed E-state index contributed by atoms with van der Waals surface area (Å²) in [5, 5.41) is 17.1. The van der Waals surface area contributed by atoms with E-state index in [0.29, 0.717) is 0 Å². The molecule has 0 radical (unpaired) electrons. The van der Waals surface area contributed by atoms with E-state index < -0.39 is 22.5 Å². The van der Waals surface area contributed by atoms with E-state index in [2.05, 4.69) is 0 Å². The first kappa shape index (κ1) is 11.6. The van der Waals surface area contributed by atoms with Crippen molar-refractivity contribution in [1.29, 1.82) is 10.5 Å². The van der Waals surface area contributed by atoms with Gasteiger partial charge in [0, 0.05) is 0 Å². The zero-order chi connectivity index (χ0) is 11.7. The second-order valence-corrected chi connectivity index (χ2v) is 3.49. The molecule has 0 saturated heterocycles. The number of allylic oxidation sites excluding steroid dienone is 4. The van der Waals surface area contributed by atoms with Gasteiger partial charge in [-0.15, -0.1) is 11.6 Å². The Morgan fingerprint density at radius 1 is 1.40 bits per heavy atom. The van der Waals surface area contributed by atoms with Crippen LogP contribution in [0.1, 0.15) is 0 Å². The highest BCUT2D eigenvalue weighted by Crippen LogP contribution is 2.48. The Labute approximate surface area is 88.9 Å². The second kappa shape index (κ2) is 3.60. The number of nitrogens with zero attached hydrogens (tertiary/aromatic N) is 2. The molecule has 1 rings (SSSR count). The van der Waals surface area contributed by atoms with Crippen LogP contribution in [0.4, 0.5) is 13.2 Å². The van der Waals surface area contributed by atoms with Crippen LogP contribution in [0, 0.1) is 28.6 Å². The molecular weight excluding hydrogens is 229 g/mol. The molecule has 78 valence electrons. The van der Waals surface area contributed by atoms with Crippen LogP contribution in [0.5, 0.6) is 0 Å². The highest BCUT2D eigenvalue weighted by Gasteiger charge is 2.61. The van der Waals surface area contributed by atoms with Crippen LogP contribution in [0.25, 0.3) is 0 Å². The van der Waals surface area contributed by atoms with E-state index in [0.717, 1.165) is 12.2 Å². The topological polar surface area (TPSA) is 47.6 Å². The predicted molar refractivity (Wildman–Crippen MR) is 46.6 cm³/mol. The van der Waals surface area contributed by atoms with Gasteiger partial charge in [0.1, 0.15) is 0 Å². The number of hydrogen-bond donors (Lipinski definition) is 0. The summed E-state index contributed by atoms with van der Waals surface area (Å²) in [4.78, 5) is -2.93. The van der Waals surface area contributed by atoms with Crippen LogP contribution in [-0.2, 0) is 0 Å². The van der Waals surface area contributed by atoms with Crippen LogP contribution >= 0.6 is 11.6 Å². The fraction of sp³-hybridized carbons (Fsp3) is 0.333. The molecule has 1 aliphatic carbocycles. The van der Waals surface area contributed by atoms with Gasteiger partial charge in [-0.3, -0.25) is 0 Å². The minimum Gasteiger partial charge on any atom is -0.198 e. The number of nitriles is 2. The largest absolute Gasteiger partial charge is 0.414 e. The van der Waals surface area contributed by atoms with E-state index in [-0.39, 0.29) is 0 Å². The fourth-order valence-electron chi connectivity index (χ4n) is 1.26. The molecule has 15 heavy (non-hydrogen) atoms. The molecule has 2 atom stereocenters. The monoisotopic (exact) mass is 232 g/mol. The number of alkyl halides is 4. The van der Waals surface area contributed by atoms with E-state index in [1.165, 1.54) is 18.2 Å². The van der Waals surface area contributed by atoms with Crippen molar-refractivity contribution >= 4 is 11.6 Å². The Balaban J connectivity index is 3.35. The standard InChI is InChI=1S/C9H4ClF3N2/c10-8(9(11,12)13)6(4-14)2-1-3-7(8)5-15/h1-3,6H. The second-order valence-electron chi connectivity index (χ2n) is 2.89. The third-order valence-electron chi connectivity index (χ3n) is 2.06. The van der Waals surface area contributed by atoms with Crippen LogP contribution < -0.4 is 0 Å². The van der Waals surface area contributed by atoms with Gasteiger partial charge >= 0.3 is 6.18 Å². The summed E-state index contributed by atoms with van der Waals surface area (Å²) in [5.74, 6) is -1.58. The highest BCUT2D eigenvalue weighted by atomic mass is 35.5. The Hall–Kier alpha value is -1.46. The van der Waals surface area contributed by atoms with E-state index in [9.17, 15) is 13.2 Å². The van der Waals surface area contributed by atoms with Crippen molar-refractivity contribution in [2.24, 2.45) is 5.92 Å². The van der Waals surface area contributed by atoms with Crippen molar-refractivity contribution < 1.29 is 13.2 Å². The summed E-state index contributed by atoms with van der Waals surface area (Å²) in [6, 6.07) is 2.81. The zero-order valence-corrected chi connectivity index (χ0v) is 7.97. The molecule has 0 N–H and O–H groups in total. The fourth-order valence-corrected chi connectivity index (χ4v) is 1.49. The van der Waals surface area contributed by atoms with E-state index in [4.69, 9.17) is 22.1 Å². The number of halogens is 4. The van der Waals surface area contributed by atoms with Crippen LogP contribution in [0.2, 0.25) is 0 Å². The lowest BCUT2D eigenvalue weighted by Gasteiger charge is -2.32. The summed E-state index contributed by atoms with van der Waals surface area (Å²) < 4.78 is 38.1. The highest BCUT2D eigenvalue weighted by molar-refractivity contribution is 6.27. The van der Waals surface area contributed by atoms with Gasteiger partial charge in [-0.05, 0) is 6.08 Å². The minimum absolute atomic E-state index is 0.661. The van der Waals surface area contributed by atoms with Crippen molar-refractivity contribution in [2.75, 3.05) is 0 Å². The third-order valence-corrected chi connectivity index (χ3v) is 2.71. The first-order valence-electron chi connectivity index (χ1n) is 3.82. The van der Waals surface area contributed by atoms with Crippen molar-refractivity contribution in [2.45, 2.75) is 11.1 Å².